The molecule has 0 radical (unpaired) electrons. The van der Waals surface area contributed by atoms with E-state index in [0.717, 1.165) is 50.7 Å². The van der Waals surface area contributed by atoms with Crippen LogP contribution in [0.15, 0.2) is 212 Å². The molecule has 1 aliphatic carbocycles. The highest BCUT2D eigenvalue weighted by Gasteiger charge is 2.38. The normalized spacial score (nSPS) is 15.8. The van der Waals surface area contributed by atoms with Crippen LogP contribution in [0.5, 0.6) is 11.5 Å². The van der Waals surface area contributed by atoms with Gasteiger partial charge in [-0.25, -0.2) is 9.97 Å². The first-order chi connectivity index (χ1) is 29.7. The van der Waals surface area contributed by atoms with Gasteiger partial charge in [0.1, 0.15) is 11.5 Å². The molecule has 0 bridgehead atoms. The summed E-state index contributed by atoms with van der Waals surface area (Å²) in [7, 11) is 0. The summed E-state index contributed by atoms with van der Waals surface area (Å²) in [6.45, 7) is 0. The molecule has 4 heteroatoms. The van der Waals surface area contributed by atoms with E-state index in [0.29, 0.717) is 5.82 Å². The molecule has 0 saturated heterocycles. The quantitative estimate of drug-likeness (QED) is 0.169. The van der Waals surface area contributed by atoms with Crippen LogP contribution in [0, 0.1) is 0 Å². The molecule has 0 amide bonds. The van der Waals surface area contributed by atoms with Gasteiger partial charge < -0.3 is 9.64 Å². The predicted octanol–water partition coefficient (Wildman–Crippen LogP) is 14.3. The summed E-state index contributed by atoms with van der Waals surface area (Å²) in [5, 5.41) is 2.37. The molecule has 1 aromatic heterocycles. The molecule has 60 heavy (non-hydrogen) atoms. The molecule has 2 atom stereocenters. The lowest BCUT2D eigenvalue weighted by molar-refractivity contribution is 0.487. The van der Waals surface area contributed by atoms with E-state index < -0.39 is 0 Å². The number of benzene rings is 8. The summed E-state index contributed by atoms with van der Waals surface area (Å²) in [4.78, 5) is 12.5. The van der Waals surface area contributed by atoms with Crippen LogP contribution in [0.1, 0.15) is 17.0 Å². The van der Waals surface area contributed by atoms with Crippen molar-refractivity contribution < 1.29 is 4.74 Å². The van der Waals surface area contributed by atoms with Gasteiger partial charge in [0, 0.05) is 44.9 Å². The molecular weight excluding hydrogens is 731 g/mol. The fourth-order valence-corrected chi connectivity index (χ4v) is 9.32. The van der Waals surface area contributed by atoms with Gasteiger partial charge in [0.05, 0.1) is 17.4 Å². The van der Waals surface area contributed by atoms with Crippen LogP contribution in [0.3, 0.4) is 0 Å². The van der Waals surface area contributed by atoms with Crippen LogP contribution in [-0.2, 0) is 0 Å². The Morgan fingerprint density at radius 3 is 1.95 bits per heavy atom. The largest absolute Gasteiger partial charge is 0.456 e. The van der Waals surface area contributed by atoms with E-state index in [1.807, 2.05) is 36.4 Å². The number of ether oxygens (including phenoxy) is 1. The summed E-state index contributed by atoms with van der Waals surface area (Å²) in [6.07, 6.45) is 7.16. The SMILES string of the molecule is C1=CC2C(C=C1c1ccc3c(c1)-c1cccc4cccc(c14)O3)c1ccccc1N2c1cccc(-c2ccc(-c3cc(-c4ccccc4)nc(-c4ccccc4)n3)cc2)c1. The first-order valence-corrected chi connectivity index (χ1v) is 20.6. The summed E-state index contributed by atoms with van der Waals surface area (Å²) >= 11 is 0. The maximum Gasteiger partial charge on any atom is 0.160 e. The predicted molar refractivity (Wildman–Crippen MR) is 245 cm³/mol. The lowest BCUT2D eigenvalue weighted by Gasteiger charge is -2.30. The molecule has 3 aliphatic rings. The molecule has 8 aromatic carbocycles. The van der Waals surface area contributed by atoms with E-state index in [4.69, 9.17) is 14.7 Å². The van der Waals surface area contributed by atoms with Crippen molar-refractivity contribution in [1.82, 2.24) is 9.97 Å². The van der Waals surface area contributed by atoms with Gasteiger partial charge in [-0.15, -0.1) is 0 Å². The van der Waals surface area contributed by atoms with Crippen molar-refractivity contribution in [3.63, 3.8) is 0 Å². The van der Waals surface area contributed by atoms with E-state index in [9.17, 15) is 0 Å². The summed E-state index contributed by atoms with van der Waals surface area (Å²) in [5.74, 6) is 2.74. The highest BCUT2D eigenvalue weighted by Crippen LogP contribution is 2.51. The topological polar surface area (TPSA) is 38.2 Å². The fraction of sp³-hybridized carbons (Fsp3) is 0.0357. The Labute approximate surface area is 349 Å². The number of fused-ring (bicyclic) bond motifs is 5. The minimum atomic E-state index is 0.153. The number of hydrogen-bond acceptors (Lipinski definition) is 4. The first-order valence-electron chi connectivity index (χ1n) is 20.6. The van der Waals surface area contributed by atoms with Crippen molar-refractivity contribution in [3.05, 3.63) is 223 Å². The zero-order valence-corrected chi connectivity index (χ0v) is 32.6. The molecule has 0 fully saturated rings. The summed E-state index contributed by atoms with van der Waals surface area (Å²) < 4.78 is 6.43. The first kappa shape index (κ1) is 34.2. The molecule has 12 rings (SSSR count). The number of hydrogen-bond donors (Lipinski definition) is 0. The standard InChI is InChI=1S/C56H37N3O/c1-3-12-37(13-4-1)49-35-50(58-56(57-49)40-14-5-2-6-15-40)38-26-24-36(25-27-38)41-18-9-19-44(32-41)59-51-22-8-7-20-45(51)47-33-42(28-30-52(47)59)43-29-31-53-48(34-43)46-21-10-16-39-17-11-23-54(60-53)55(39)46/h1-35,47,52H. The van der Waals surface area contributed by atoms with Gasteiger partial charge in [0.25, 0.3) is 0 Å². The second-order valence-corrected chi connectivity index (χ2v) is 15.7. The van der Waals surface area contributed by atoms with Gasteiger partial charge >= 0.3 is 0 Å². The smallest absolute Gasteiger partial charge is 0.160 e. The zero-order valence-electron chi connectivity index (χ0n) is 32.6. The van der Waals surface area contributed by atoms with Gasteiger partial charge in [-0.3, -0.25) is 0 Å². The number of rotatable bonds is 6. The van der Waals surface area contributed by atoms with E-state index in [1.54, 1.807) is 0 Å². The Morgan fingerprint density at radius 1 is 0.467 bits per heavy atom. The minimum absolute atomic E-state index is 0.153. The second kappa shape index (κ2) is 13.9. The average Bonchev–Trinajstić information content (AvgIpc) is 3.66. The van der Waals surface area contributed by atoms with Crippen molar-refractivity contribution >= 4 is 27.7 Å². The van der Waals surface area contributed by atoms with E-state index >= 15 is 0 Å². The van der Waals surface area contributed by atoms with Crippen LogP contribution in [-0.4, -0.2) is 16.0 Å². The van der Waals surface area contributed by atoms with Gasteiger partial charge in [0.2, 0.25) is 0 Å². The zero-order chi connectivity index (χ0) is 39.6. The Morgan fingerprint density at radius 2 is 1.13 bits per heavy atom. The highest BCUT2D eigenvalue weighted by atomic mass is 16.5. The third kappa shape index (κ3) is 5.76. The number of nitrogens with zero attached hydrogens (tertiary/aromatic N) is 3. The van der Waals surface area contributed by atoms with Crippen LogP contribution in [0.25, 0.3) is 72.5 Å². The van der Waals surface area contributed by atoms with Crippen molar-refractivity contribution in [1.29, 1.82) is 0 Å². The van der Waals surface area contributed by atoms with Gasteiger partial charge in [-0.05, 0) is 81.2 Å². The van der Waals surface area contributed by atoms with Crippen LogP contribution in [0.2, 0.25) is 0 Å². The molecular formula is C56H37N3O. The van der Waals surface area contributed by atoms with Crippen molar-refractivity contribution in [2.24, 2.45) is 0 Å². The van der Waals surface area contributed by atoms with Crippen LogP contribution in [0.4, 0.5) is 11.4 Å². The summed E-state index contributed by atoms with van der Waals surface area (Å²) in [5.41, 5.74) is 15.8. The van der Waals surface area contributed by atoms with Crippen molar-refractivity contribution in [2.45, 2.75) is 12.0 Å². The number of anilines is 2. The van der Waals surface area contributed by atoms with Crippen molar-refractivity contribution in [3.8, 4) is 67.7 Å². The maximum atomic E-state index is 6.43. The van der Waals surface area contributed by atoms with Gasteiger partial charge in [-0.1, -0.05) is 170 Å². The fourth-order valence-electron chi connectivity index (χ4n) is 9.32. The molecule has 9 aromatic rings. The van der Waals surface area contributed by atoms with E-state index in [-0.39, 0.29) is 12.0 Å². The molecule has 0 spiro atoms. The molecule has 0 N–H and O–H groups in total. The molecule has 2 aliphatic heterocycles. The molecule has 3 heterocycles. The Bertz CT molecular complexity index is 3120. The monoisotopic (exact) mass is 767 g/mol. The van der Waals surface area contributed by atoms with E-state index in [2.05, 4.69) is 181 Å². The molecule has 4 nitrogen and oxygen atoms in total. The average molecular weight is 768 g/mol. The Balaban J connectivity index is 0.859. The Hall–Kier alpha value is -7.82. The van der Waals surface area contributed by atoms with Gasteiger partial charge in [-0.2, -0.15) is 0 Å². The van der Waals surface area contributed by atoms with Crippen LogP contribution < -0.4 is 9.64 Å². The number of aromatic nitrogens is 2. The minimum Gasteiger partial charge on any atom is -0.456 e. The highest BCUT2D eigenvalue weighted by molar-refractivity contribution is 6.04. The molecule has 282 valence electrons. The lowest BCUT2D eigenvalue weighted by Crippen LogP contribution is -2.29. The van der Waals surface area contributed by atoms with Gasteiger partial charge in [0.15, 0.2) is 5.82 Å². The summed E-state index contributed by atoms with van der Waals surface area (Å²) in [6, 6.07) is 68.8. The third-order valence-corrected chi connectivity index (χ3v) is 12.2. The van der Waals surface area contributed by atoms with E-state index in [1.165, 1.54) is 50.0 Å². The maximum absolute atomic E-state index is 6.43. The second-order valence-electron chi connectivity index (χ2n) is 15.7. The lowest BCUT2D eigenvalue weighted by atomic mass is 9.85. The number of para-hydroxylation sites is 1. The molecule has 2 unspecified atom stereocenters. The Kier molecular flexibility index (Phi) is 7.95. The third-order valence-electron chi connectivity index (χ3n) is 12.2. The molecule has 0 saturated carbocycles. The number of allylic oxidation sites excluding steroid dienone is 2. The van der Waals surface area contributed by atoms with Crippen molar-refractivity contribution in [2.75, 3.05) is 4.90 Å². The van der Waals surface area contributed by atoms with Crippen LogP contribution >= 0.6 is 0 Å².